The van der Waals surface area contributed by atoms with E-state index in [0.717, 1.165) is 5.56 Å². The number of rotatable bonds is 5. The molecule has 0 aromatic heterocycles. The molecular weight excluding hydrogens is 311 g/mol. The highest BCUT2D eigenvalue weighted by Gasteiger charge is 2.04. The number of carbonyl (C=O) groups is 2. The normalized spacial score (nSPS) is 10.4. The van der Waals surface area contributed by atoms with Crippen LogP contribution in [0.25, 0.3) is 6.08 Å². The van der Waals surface area contributed by atoms with Crippen molar-refractivity contribution in [1.82, 2.24) is 10.9 Å². The molecule has 24 heavy (non-hydrogen) atoms. The Labute approximate surface area is 139 Å². The van der Waals surface area contributed by atoms with Gasteiger partial charge in [-0.05, 0) is 48.4 Å². The average molecular weight is 328 g/mol. The van der Waals surface area contributed by atoms with Crippen molar-refractivity contribution in [2.24, 2.45) is 0 Å². The molecule has 0 aliphatic rings. The molecule has 6 heteroatoms. The van der Waals surface area contributed by atoms with Gasteiger partial charge in [0.15, 0.2) is 6.61 Å². The summed E-state index contributed by atoms with van der Waals surface area (Å²) >= 11 is 0. The first kappa shape index (κ1) is 17.2. The summed E-state index contributed by atoms with van der Waals surface area (Å²) in [5.41, 5.74) is 6.16. The molecule has 0 aliphatic heterocycles. The van der Waals surface area contributed by atoms with Crippen LogP contribution in [0.2, 0.25) is 0 Å². The summed E-state index contributed by atoms with van der Waals surface area (Å²) in [7, 11) is 0. The summed E-state index contributed by atoms with van der Waals surface area (Å²) in [5, 5.41) is 0. The van der Waals surface area contributed by atoms with Crippen LogP contribution in [0, 0.1) is 12.7 Å². The van der Waals surface area contributed by atoms with Gasteiger partial charge in [0.25, 0.3) is 11.8 Å². The van der Waals surface area contributed by atoms with Crippen molar-refractivity contribution >= 4 is 17.9 Å². The second-order valence-electron chi connectivity index (χ2n) is 5.03. The summed E-state index contributed by atoms with van der Waals surface area (Å²) < 4.78 is 18.1. The Balaban J connectivity index is 1.72. The van der Waals surface area contributed by atoms with E-state index in [0.29, 0.717) is 11.3 Å². The lowest BCUT2D eigenvalue weighted by Gasteiger charge is -2.08. The van der Waals surface area contributed by atoms with Crippen molar-refractivity contribution in [2.45, 2.75) is 6.92 Å². The smallest absolute Gasteiger partial charge is 0.276 e. The summed E-state index contributed by atoms with van der Waals surface area (Å²) in [5.74, 6) is -0.770. The molecule has 0 unspecified atom stereocenters. The van der Waals surface area contributed by atoms with Gasteiger partial charge in [0, 0.05) is 6.08 Å². The molecule has 2 aromatic carbocycles. The quantitative estimate of drug-likeness (QED) is 0.654. The van der Waals surface area contributed by atoms with Gasteiger partial charge in [-0.2, -0.15) is 0 Å². The van der Waals surface area contributed by atoms with Gasteiger partial charge >= 0.3 is 0 Å². The van der Waals surface area contributed by atoms with Crippen molar-refractivity contribution in [3.8, 4) is 5.75 Å². The molecule has 0 heterocycles. The molecule has 124 valence electrons. The van der Waals surface area contributed by atoms with Gasteiger partial charge < -0.3 is 4.74 Å². The van der Waals surface area contributed by atoms with E-state index in [1.165, 1.54) is 36.4 Å². The van der Waals surface area contributed by atoms with Crippen molar-refractivity contribution in [2.75, 3.05) is 6.61 Å². The molecule has 0 fully saturated rings. The lowest BCUT2D eigenvalue weighted by Crippen LogP contribution is -2.43. The van der Waals surface area contributed by atoms with Crippen LogP contribution in [-0.2, 0) is 9.59 Å². The second-order valence-corrected chi connectivity index (χ2v) is 5.03. The van der Waals surface area contributed by atoms with E-state index in [4.69, 9.17) is 4.74 Å². The molecule has 0 bridgehead atoms. The Morgan fingerprint density at radius 2 is 1.88 bits per heavy atom. The second kappa shape index (κ2) is 8.47. The molecule has 0 aliphatic carbocycles. The van der Waals surface area contributed by atoms with Crippen LogP contribution in [0.15, 0.2) is 54.6 Å². The van der Waals surface area contributed by atoms with Crippen molar-refractivity contribution in [3.05, 3.63) is 71.6 Å². The Hall–Kier alpha value is -3.15. The van der Waals surface area contributed by atoms with Gasteiger partial charge in [-0.3, -0.25) is 20.4 Å². The minimum atomic E-state index is -0.511. The topological polar surface area (TPSA) is 67.4 Å². The fourth-order valence-corrected chi connectivity index (χ4v) is 1.81. The van der Waals surface area contributed by atoms with Crippen LogP contribution in [-0.4, -0.2) is 18.4 Å². The highest BCUT2D eigenvalue weighted by molar-refractivity contribution is 5.93. The molecule has 0 radical (unpaired) electrons. The van der Waals surface area contributed by atoms with Gasteiger partial charge in [-0.25, -0.2) is 4.39 Å². The molecule has 2 aromatic rings. The van der Waals surface area contributed by atoms with Crippen molar-refractivity contribution < 1.29 is 18.7 Å². The first-order valence-corrected chi connectivity index (χ1v) is 7.25. The highest BCUT2D eigenvalue weighted by Crippen LogP contribution is 2.11. The van der Waals surface area contributed by atoms with Crippen LogP contribution < -0.4 is 15.6 Å². The van der Waals surface area contributed by atoms with E-state index in [1.807, 2.05) is 19.1 Å². The number of aryl methyl sites for hydroxylation is 1. The summed E-state index contributed by atoms with van der Waals surface area (Å²) in [6.07, 6.45) is 2.74. The van der Waals surface area contributed by atoms with Crippen molar-refractivity contribution in [1.29, 1.82) is 0 Å². The molecule has 0 saturated heterocycles. The fourth-order valence-electron chi connectivity index (χ4n) is 1.81. The Morgan fingerprint density at radius 1 is 1.12 bits per heavy atom. The average Bonchev–Trinajstić information content (AvgIpc) is 2.57. The number of ether oxygens (including phenoxy) is 1. The third-order valence-corrected chi connectivity index (χ3v) is 2.98. The third-order valence-electron chi connectivity index (χ3n) is 2.98. The van der Waals surface area contributed by atoms with E-state index in [1.54, 1.807) is 12.1 Å². The monoisotopic (exact) mass is 328 g/mol. The van der Waals surface area contributed by atoms with Gasteiger partial charge in [0.2, 0.25) is 0 Å². The number of hydrogen-bond donors (Lipinski definition) is 2. The molecule has 2 rings (SSSR count). The summed E-state index contributed by atoms with van der Waals surface area (Å²) in [4.78, 5) is 23.2. The maximum atomic E-state index is 12.7. The maximum Gasteiger partial charge on any atom is 0.276 e. The lowest BCUT2D eigenvalue weighted by molar-refractivity contribution is -0.128. The number of hydrogen-bond acceptors (Lipinski definition) is 3. The van der Waals surface area contributed by atoms with E-state index < -0.39 is 11.8 Å². The predicted molar refractivity (Wildman–Crippen MR) is 88.4 cm³/mol. The SMILES string of the molecule is Cc1cccc(OCC(=O)NNC(=O)/C=C/c2ccc(F)cc2)c1. The largest absolute Gasteiger partial charge is 0.484 e. The van der Waals surface area contributed by atoms with Crippen LogP contribution in [0.4, 0.5) is 4.39 Å². The number of amides is 2. The van der Waals surface area contributed by atoms with Crippen LogP contribution in [0.3, 0.4) is 0 Å². The van der Waals surface area contributed by atoms with Gasteiger partial charge in [0.1, 0.15) is 11.6 Å². The summed E-state index contributed by atoms with van der Waals surface area (Å²) in [6, 6.07) is 12.9. The van der Waals surface area contributed by atoms with E-state index >= 15 is 0 Å². The van der Waals surface area contributed by atoms with E-state index in [2.05, 4.69) is 10.9 Å². The fraction of sp³-hybridized carbons (Fsp3) is 0.111. The van der Waals surface area contributed by atoms with Gasteiger partial charge in [-0.1, -0.05) is 24.3 Å². The Bertz CT molecular complexity index is 742. The number of hydrazine groups is 1. The lowest BCUT2D eigenvalue weighted by atomic mass is 10.2. The molecular formula is C18H17FN2O3. The zero-order valence-electron chi connectivity index (χ0n) is 13.1. The van der Waals surface area contributed by atoms with Crippen LogP contribution in [0.5, 0.6) is 5.75 Å². The van der Waals surface area contributed by atoms with E-state index in [-0.39, 0.29) is 12.4 Å². The molecule has 2 N–H and O–H groups in total. The minimum absolute atomic E-state index is 0.217. The number of halogens is 1. The van der Waals surface area contributed by atoms with Crippen LogP contribution in [0.1, 0.15) is 11.1 Å². The van der Waals surface area contributed by atoms with Crippen molar-refractivity contribution in [3.63, 3.8) is 0 Å². The zero-order valence-corrected chi connectivity index (χ0v) is 13.1. The predicted octanol–water partition coefficient (Wildman–Crippen LogP) is 2.37. The zero-order chi connectivity index (χ0) is 17.4. The first-order chi connectivity index (χ1) is 11.5. The van der Waals surface area contributed by atoms with Gasteiger partial charge in [0.05, 0.1) is 0 Å². The Morgan fingerprint density at radius 3 is 2.58 bits per heavy atom. The molecule has 2 amide bonds. The standard InChI is InChI=1S/C18H17FN2O3/c1-13-3-2-4-16(11-13)24-12-18(23)21-20-17(22)10-7-14-5-8-15(19)9-6-14/h2-11H,12H2,1H3,(H,20,22)(H,21,23)/b10-7+. The number of nitrogens with one attached hydrogen (secondary N) is 2. The molecule has 0 atom stereocenters. The molecule has 5 nitrogen and oxygen atoms in total. The Kier molecular flexibility index (Phi) is 6.08. The first-order valence-electron chi connectivity index (χ1n) is 7.25. The molecule has 0 spiro atoms. The van der Waals surface area contributed by atoms with E-state index in [9.17, 15) is 14.0 Å². The minimum Gasteiger partial charge on any atom is -0.484 e. The third kappa shape index (κ3) is 5.92. The summed E-state index contributed by atoms with van der Waals surface area (Å²) in [6.45, 7) is 1.70. The van der Waals surface area contributed by atoms with Crippen LogP contribution >= 0.6 is 0 Å². The molecule has 0 saturated carbocycles. The number of benzene rings is 2. The number of carbonyl (C=O) groups excluding carboxylic acids is 2. The highest BCUT2D eigenvalue weighted by atomic mass is 19.1. The van der Waals surface area contributed by atoms with Gasteiger partial charge in [-0.15, -0.1) is 0 Å². The maximum absolute atomic E-state index is 12.7.